The van der Waals surface area contributed by atoms with Gasteiger partial charge < -0.3 is 10.4 Å². The number of halogens is 4. The number of fused-ring (bicyclic) bond motifs is 1. The highest BCUT2D eigenvalue weighted by Crippen LogP contribution is 2.34. The van der Waals surface area contributed by atoms with E-state index in [-0.39, 0.29) is 18.0 Å². The highest BCUT2D eigenvalue weighted by atomic mass is 19.4. The average molecular weight is 332 g/mol. The van der Waals surface area contributed by atoms with E-state index in [9.17, 15) is 22.7 Å². The second kappa shape index (κ2) is 6.03. The Hall–Kier alpha value is -1.18. The number of nitrogens with zero attached hydrogens (tertiary/aromatic N) is 1. The number of benzene rings is 1. The lowest BCUT2D eigenvalue weighted by molar-refractivity contribution is -0.137. The summed E-state index contributed by atoms with van der Waals surface area (Å²) < 4.78 is 52.2. The van der Waals surface area contributed by atoms with E-state index in [4.69, 9.17) is 0 Å². The number of rotatable bonds is 2. The van der Waals surface area contributed by atoms with E-state index < -0.39 is 23.2 Å². The molecule has 0 amide bonds. The van der Waals surface area contributed by atoms with Crippen molar-refractivity contribution in [3.63, 3.8) is 0 Å². The van der Waals surface area contributed by atoms with Crippen LogP contribution in [0.5, 0.6) is 0 Å². The Balaban J connectivity index is 1.73. The summed E-state index contributed by atoms with van der Waals surface area (Å²) in [6, 6.07) is 2.52. The molecule has 2 saturated heterocycles. The minimum Gasteiger partial charge on any atom is -0.389 e. The van der Waals surface area contributed by atoms with Crippen molar-refractivity contribution in [2.45, 2.75) is 31.2 Å². The second-order valence-electron chi connectivity index (χ2n) is 6.54. The predicted molar refractivity (Wildman–Crippen MR) is 77.2 cm³/mol. The molecule has 1 aromatic rings. The Morgan fingerprint density at radius 1 is 1.30 bits per heavy atom. The van der Waals surface area contributed by atoms with Crippen LogP contribution in [0.3, 0.4) is 0 Å². The summed E-state index contributed by atoms with van der Waals surface area (Å²) in [5.41, 5.74) is -1.48. The van der Waals surface area contributed by atoms with Crippen molar-refractivity contribution in [2.75, 3.05) is 26.2 Å². The Bertz CT molecular complexity index is 578. The van der Waals surface area contributed by atoms with E-state index in [1.165, 1.54) is 0 Å². The maximum Gasteiger partial charge on any atom is 0.416 e. The van der Waals surface area contributed by atoms with Crippen molar-refractivity contribution in [3.8, 4) is 0 Å². The second-order valence-corrected chi connectivity index (χ2v) is 6.54. The molecule has 3 nitrogen and oxygen atoms in total. The maximum atomic E-state index is 13.9. The monoisotopic (exact) mass is 332 g/mol. The van der Waals surface area contributed by atoms with E-state index in [1.54, 1.807) is 0 Å². The van der Waals surface area contributed by atoms with Gasteiger partial charge in [-0.2, -0.15) is 13.2 Å². The molecular formula is C16H20F4N2O. The third-order valence-corrected chi connectivity index (χ3v) is 4.99. The summed E-state index contributed by atoms with van der Waals surface area (Å²) in [6.07, 6.45) is -3.22. The predicted octanol–water partition coefficient (Wildman–Crippen LogP) is 2.39. The van der Waals surface area contributed by atoms with Gasteiger partial charge in [0.25, 0.3) is 0 Å². The molecule has 1 aromatic carbocycles. The van der Waals surface area contributed by atoms with E-state index in [0.717, 1.165) is 24.7 Å². The van der Waals surface area contributed by atoms with Gasteiger partial charge in [0.05, 0.1) is 11.2 Å². The minimum atomic E-state index is -4.47. The molecule has 2 N–H and O–H groups in total. The fourth-order valence-electron chi connectivity index (χ4n) is 3.55. The highest BCUT2D eigenvalue weighted by Gasteiger charge is 2.42. The summed E-state index contributed by atoms with van der Waals surface area (Å²) in [5.74, 6) is -0.598. The first-order valence-corrected chi connectivity index (χ1v) is 7.79. The molecular weight excluding hydrogens is 312 g/mol. The minimum absolute atomic E-state index is 0.0267. The van der Waals surface area contributed by atoms with Crippen LogP contribution in [0.2, 0.25) is 0 Å². The Labute approximate surface area is 132 Å². The molecule has 2 heterocycles. The van der Waals surface area contributed by atoms with Gasteiger partial charge in [0.2, 0.25) is 0 Å². The number of hydrogen-bond acceptors (Lipinski definition) is 3. The van der Waals surface area contributed by atoms with Crippen LogP contribution in [0.15, 0.2) is 18.2 Å². The fraction of sp³-hybridized carbons (Fsp3) is 0.625. The summed E-state index contributed by atoms with van der Waals surface area (Å²) in [5, 5.41) is 13.8. The number of alkyl halides is 3. The largest absolute Gasteiger partial charge is 0.416 e. The van der Waals surface area contributed by atoms with Gasteiger partial charge in [-0.05, 0) is 37.6 Å². The standard InChI is InChI=1S/C16H20F4N2O/c17-14-2-1-12(16(18,19)20)7-11(14)9-22-6-4-15(23)3-5-21-8-13(15)10-22/h1-2,7,13,21,23H,3-6,8-10H2/t13-,15-/m1/s1. The molecule has 2 fully saturated rings. The topological polar surface area (TPSA) is 35.5 Å². The fourth-order valence-corrected chi connectivity index (χ4v) is 3.55. The molecule has 2 atom stereocenters. The Kier molecular flexibility index (Phi) is 4.37. The van der Waals surface area contributed by atoms with Gasteiger partial charge in [0.1, 0.15) is 5.82 Å². The van der Waals surface area contributed by atoms with Crippen molar-refractivity contribution < 1.29 is 22.7 Å². The molecule has 0 unspecified atom stereocenters. The van der Waals surface area contributed by atoms with Gasteiger partial charge >= 0.3 is 6.18 Å². The molecule has 0 bridgehead atoms. The average Bonchev–Trinajstić information content (AvgIpc) is 2.48. The van der Waals surface area contributed by atoms with Crippen molar-refractivity contribution in [3.05, 3.63) is 35.1 Å². The van der Waals surface area contributed by atoms with Crippen LogP contribution in [0.1, 0.15) is 24.0 Å². The molecule has 2 aliphatic heterocycles. The van der Waals surface area contributed by atoms with Gasteiger partial charge in [0.15, 0.2) is 0 Å². The maximum absolute atomic E-state index is 13.9. The zero-order chi connectivity index (χ0) is 16.7. The summed E-state index contributed by atoms with van der Waals surface area (Å²) in [7, 11) is 0. The number of likely N-dealkylation sites (tertiary alicyclic amines) is 1. The van der Waals surface area contributed by atoms with Crippen LogP contribution < -0.4 is 5.32 Å². The SMILES string of the molecule is O[C@@]12CCNC[C@@H]1CN(Cc1cc(C(F)(F)F)ccc1F)CC2. The first kappa shape index (κ1) is 16.7. The first-order chi connectivity index (χ1) is 10.8. The molecule has 0 radical (unpaired) electrons. The summed E-state index contributed by atoms with van der Waals surface area (Å²) in [6.45, 7) is 2.69. The number of hydrogen-bond donors (Lipinski definition) is 2. The van der Waals surface area contributed by atoms with Crippen molar-refractivity contribution in [2.24, 2.45) is 5.92 Å². The molecule has 7 heteroatoms. The van der Waals surface area contributed by atoms with Crippen LogP contribution >= 0.6 is 0 Å². The molecule has 2 aliphatic rings. The van der Waals surface area contributed by atoms with Gasteiger partial charge in [-0.15, -0.1) is 0 Å². The van der Waals surface area contributed by atoms with E-state index >= 15 is 0 Å². The highest BCUT2D eigenvalue weighted by molar-refractivity contribution is 5.27. The Morgan fingerprint density at radius 3 is 2.83 bits per heavy atom. The van der Waals surface area contributed by atoms with Crippen LogP contribution in [0, 0.1) is 11.7 Å². The first-order valence-electron chi connectivity index (χ1n) is 7.79. The summed E-state index contributed by atoms with van der Waals surface area (Å²) in [4.78, 5) is 1.92. The number of piperidine rings is 2. The Morgan fingerprint density at radius 2 is 2.09 bits per heavy atom. The van der Waals surface area contributed by atoms with E-state index in [2.05, 4.69) is 5.32 Å². The van der Waals surface area contributed by atoms with Crippen LogP contribution in [0.25, 0.3) is 0 Å². The molecule has 0 aliphatic carbocycles. The normalized spacial score (nSPS) is 29.3. The summed E-state index contributed by atoms with van der Waals surface area (Å²) >= 11 is 0. The lowest BCUT2D eigenvalue weighted by Crippen LogP contribution is -2.58. The lowest BCUT2D eigenvalue weighted by Gasteiger charge is -2.47. The number of aliphatic hydroxyl groups is 1. The smallest absolute Gasteiger partial charge is 0.389 e. The number of nitrogens with one attached hydrogen (secondary N) is 1. The quantitative estimate of drug-likeness (QED) is 0.817. The van der Waals surface area contributed by atoms with Gasteiger partial charge in [-0.1, -0.05) is 0 Å². The van der Waals surface area contributed by atoms with Gasteiger partial charge in [-0.3, -0.25) is 4.90 Å². The molecule has 0 spiro atoms. The molecule has 0 aromatic heterocycles. The van der Waals surface area contributed by atoms with Crippen molar-refractivity contribution in [1.82, 2.24) is 10.2 Å². The van der Waals surface area contributed by atoms with Crippen LogP contribution in [-0.2, 0) is 12.7 Å². The van der Waals surface area contributed by atoms with Crippen molar-refractivity contribution in [1.29, 1.82) is 0 Å². The van der Waals surface area contributed by atoms with Gasteiger partial charge in [-0.25, -0.2) is 4.39 Å². The zero-order valence-electron chi connectivity index (χ0n) is 12.7. The van der Waals surface area contributed by atoms with Crippen molar-refractivity contribution >= 4 is 0 Å². The van der Waals surface area contributed by atoms with E-state index in [1.807, 2.05) is 4.90 Å². The molecule has 0 saturated carbocycles. The zero-order valence-corrected chi connectivity index (χ0v) is 12.7. The lowest BCUT2D eigenvalue weighted by atomic mass is 9.76. The van der Waals surface area contributed by atoms with Gasteiger partial charge in [0, 0.05) is 37.7 Å². The third-order valence-electron chi connectivity index (χ3n) is 4.99. The molecule has 128 valence electrons. The third kappa shape index (κ3) is 3.51. The molecule has 3 rings (SSSR count). The molecule has 23 heavy (non-hydrogen) atoms. The van der Waals surface area contributed by atoms with Crippen LogP contribution in [-0.4, -0.2) is 41.8 Å². The van der Waals surface area contributed by atoms with Crippen LogP contribution in [0.4, 0.5) is 17.6 Å². The van der Waals surface area contributed by atoms with E-state index in [0.29, 0.717) is 32.5 Å².